The lowest BCUT2D eigenvalue weighted by Gasteiger charge is -2.53. The van der Waals surface area contributed by atoms with Crippen LogP contribution < -0.4 is 0 Å². The van der Waals surface area contributed by atoms with Crippen LogP contribution in [0, 0.1) is 41.4 Å². The molecule has 0 N–H and O–H groups in total. The van der Waals surface area contributed by atoms with E-state index in [4.69, 9.17) is 6.58 Å². The molecular formula is C30H46. The lowest BCUT2D eigenvalue weighted by molar-refractivity contribution is 0.0788. The molecule has 30 heavy (non-hydrogen) atoms. The third kappa shape index (κ3) is 4.31. The van der Waals surface area contributed by atoms with Crippen molar-refractivity contribution in [2.24, 2.45) is 41.4 Å². The van der Waals surface area contributed by atoms with Crippen molar-refractivity contribution in [3.8, 4) is 0 Å². The summed E-state index contributed by atoms with van der Waals surface area (Å²) in [6, 6.07) is 0. The fourth-order valence-electron chi connectivity index (χ4n) is 7.66. The van der Waals surface area contributed by atoms with Crippen LogP contribution in [0.1, 0.15) is 97.8 Å². The Hall–Kier alpha value is -1.04. The normalized spacial score (nSPS) is 37.3. The fourth-order valence-corrected chi connectivity index (χ4v) is 7.66. The molecule has 7 atom stereocenters. The molecule has 4 aliphatic rings. The van der Waals surface area contributed by atoms with Gasteiger partial charge in [-0.05, 0) is 86.4 Å². The molecule has 0 heteroatoms. The number of hydrogen-bond acceptors (Lipinski definition) is 0. The van der Waals surface area contributed by atoms with E-state index in [0.29, 0.717) is 0 Å². The zero-order valence-corrected chi connectivity index (χ0v) is 20.1. The second-order valence-electron chi connectivity index (χ2n) is 11.3. The van der Waals surface area contributed by atoms with Crippen molar-refractivity contribution in [3.05, 3.63) is 47.6 Å². The Bertz CT molecular complexity index is 704. The third-order valence-electron chi connectivity index (χ3n) is 9.41. The van der Waals surface area contributed by atoms with E-state index < -0.39 is 0 Å². The van der Waals surface area contributed by atoms with Gasteiger partial charge in [0.15, 0.2) is 0 Å². The average Bonchev–Trinajstić information content (AvgIpc) is 3.14. The quantitative estimate of drug-likeness (QED) is 0.264. The van der Waals surface area contributed by atoms with E-state index in [1.807, 2.05) is 0 Å². The van der Waals surface area contributed by atoms with E-state index in [0.717, 1.165) is 47.8 Å². The van der Waals surface area contributed by atoms with Crippen molar-refractivity contribution in [2.75, 3.05) is 0 Å². The molecule has 0 aromatic carbocycles. The van der Waals surface area contributed by atoms with Crippen LogP contribution in [-0.2, 0) is 0 Å². The first kappa shape index (κ1) is 22.2. The molecule has 166 valence electrons. The van der Waals surface area contributed by atoms with Gasteiger partial charge >= 0.3 is 0 Å². The molecule has 0 aromatic heterocycles. The number of fused-ring (bicyclic) bond motifs is 2. The predicted molar refractivity (Wildman–Crippen MR) is 131 cm³/mol. The highest BCUT2D eigenvalue weighted by atomic mass is 14.6. The van der Waals surface area contributed by atoms with Gasteiger partial charge < -0.3 is 0 Å². The fraction of sp³-hybridized carbons (Fsp3) is 0.733. The van der Waals surface area contributed by atoms with Crippen molar-refractivity contribution >= 4 is 0 Å². The summed E-state index contributed by atoms with van der Waals surface area (Å²) in [5, 5.41) is 0. The highest BCUT2D eigenvalue weighted by Crippen LogP contribution is 2.62. The highest BCUT2D eigenvalue weighted by molar-refractivity contribution is 5.34. The maximum atomic E-state index is 4.79. The molecule has 0 saturated heterocycles. The number of unbranched alkanes of at least 4 members (excludes halogenated alkanes) is 5. The van der Waals surface area contributed by atoms with Crippen LogP contribution in [0.4, 0.5) is 0 Å². The number of allylic oxidation sites excluding steroid dienone is 6. The topological polar surface area (TPSA) is 0 Å². The van der Waals surface area contributed by atoms with Crippen LogP contribution in [0.3, 0.4) is 0 Å². The lowest BCUT2D eigenvalue weighted by Crippen LogP contribution is -2.45. The van der Waals surface area contributed by atoms with Gasteiger partial charge in [-0.25, -0.2) is 0 Å². The van der Waals surface area contributed by atoms with E-state index in [2.05, 4.69) is 39.5 Å². The molecule has 0 bridgehead atoms. The van der Waals surface area contributed by atoms with Crippen LogP contribution in [0.25, 0.3) is 0 Å². The SMILES string of the molecule is C=C(CCCCCCCC)CC1=CCC2C(C1)C(=C)C1C(C)C(C)C=C3CCC2C31. The van der Waals surface area contributed by atoms with Crippen LogP contribution in [-0.4, -0.2) is 0 Å². The Morgan fingerprint density at radius 3 is 2.60 bits per heavy atom. The van der Waals surface area contributed by atoms with Crippen LogP contribution >= 0.6 is 0 Å². The second kappa shape index (κ2) is 9.62. The molecular weight excluding hydrogens is 360 g/mol. The second-order valence-corrected chi connectivity index (χ2v) is 11.3. The van der Waals surface area contributed by atoms with Crippen molar-refractivity contribution < 1.29 is 0 Å². The first-order valence-electron chi connectivity index (χ1n) is 13.2. The van der Waals surface area contributed by atoms with Crippen molar-refractivity contribution in [2.45, 2.75) is 97.8 Å². The Morgan fingerprint density at radius 2 is 1.80 bits per heavy atom. The molecule has 4 rings (SSSR count). The Kier molecular flexibility index (Phi) is 7.11. The van der Waals surface area contributed by atoms with Gasteiger partial charge in [0.25, 0.3) is 0 Å². The van der Waals surface area contributed by atoms with Gasteiger partial charge in [-0.1, -0.05) is 100 Å². The molecule has 0 spiro atoms. The zero-order valence-electron chi connectivity index (χ0n) is 20.1. The number of rotatable bonds is 9. The van der Waals surface area contributed by atoms with E-state index in [-0.39, 0.29) is 0 Å². The van der Waals surface area contributed by atoms with Gasteiger partial charge in [0.2, 0.25) is 0 Å². The summed E-state index contributed by atoms with van der Waals surface area (Å²) in [5.41, 5.74) is 6.58. The minimum absolute atomic E-state index is 0.726. The largest absolute Gasteiger partial charge is 0.0995 e. The molecule has 0 amide bonds. The zero-order chi connectivity index (χ0) is 21.3. The lowest BCUT2D eigenvalue weighted by atomic mass is 9.52. The van der Waals surface area contributed by atoms with Crippen molar-refractivity contribution in [1.29, 1.82) is 0 Å². The molecule has 0 radical (unpaired) electrons. The molecule has 2 saturated carbocycles. The maximum absolute atomic E-state index is 4.79. The van der Waals surface area contributed by atoms with E-state index >= 15 is 0 Å². The Labute approximate surface area is 187 Å². The molecule has 0 heterocycles. The first-order valence-corrected chi connectivity index (χ1v) is 13.2. The van der Waals surface area contributed by atoms with Gasteiger partial charge in [0.05, 0.1) is 0 Å². The standard InChI is InChI=1S/C30H46/c1-6-7-8-9-10-11-12-20(2)17-24-13-15-26-27-16-14-25-18-21(3)22(4)29(30(25)27)23(5)28(26)19-24/h13,18,21-22,26-30H,2,5-12,14-17,19H2,1,3-4H3. The summed E-state index contributed by atoms with van der Waals surface area (Å²) in [6.45, 7) is 16.5. The van der Waals surface area contributed by atoms with E-state index in [1.165, 1.54) is 76.2 Å². The predicted octanol–water partition coefficient (Wildman–Crippen LogP) is 9.06. The van der Waals surface area contributed by atoms with Gasteiger partial charge in [0.1, 0.15) is 0 Å². The molecule has 0 nitrogen and oxygen atoms in total. The Balaban J connectivity index is 1.35. The molecule has 4 aliphatic carbocycles. The van der Waals surface area contributed by atoms with Crippen molar-refractivity contribution in [3.63, 3.8) is 0 Å². The van der Waals surface area contributed by atoms with E-state index in [9.17, 15) is 0 Å². The van der Waals surface area contributed by atoms with Crippen LogP contribution in [0.5, 0.6) is 0 Å². The molecule has 2 fully saturated rings. The first-order chi connectivity index (χ1) is 14.5. The molecule has 0 aromatic rings. The average molecular weight is 407 g/mol. The summed E-state index contributed by atoms with van der Waals surface area (Å²) in [7, 11) is 0. The minimum Gasteiger partial charge on any atom is -0.0995 e. The Morgan fingerprint density at radius 1 is 1.03 bits per heavy atom. The monoisotopic (exact) mass is 406 g/mol. The number of hydrogen-bond donors (Lipinski definition) is 0. The highest BCUT2D eigenvalue weighted by Gasteiger charge is 2.53. The smallest absolute Gasteiger partial charge is 0.0103 e. The summed E-state index contributed by atoms with van der Waals surface area (Å²) < 4.78 is 0. The molecule has 0 aliphatic heterocycles. The summed E-state index contributed by atoms with van der Waals surface area (Å²) in [6.07, 6.45) is 21.3. The third-order valence-corrected chi connectivity index (χ3v) is 9.41. The minimum atomic E-state index is 0.726. The van der Waals surface area contributed by atoms with Crippen LogP contribution in [0.2, 0.25) is 0 Å². The van der Waals surface area contributed by atoms with Crippen molar-refractivity contribution in [1.82, 2.24) is 0 Å². The summed E-state index contributed by atoms with van der Waals surface area (Å²) >= 11 is 0. The van der Waals surface area contributed by atoms with Gasteiger partial charge in [0, 0.05) is 0 Å². The van der Waals surface area contributed by atoms with E-state index in [1.54, 1.807) is 16.7 Å². The van der Waals surface area contributed by atoms with Gasteiger partial charge in [-0.3, -0.25) is 0 Å². The van der Waals surface area contributed by atoms with Gasteiger partial charge in [-0.2, -0.15) is 0 Å². The summed E-state index contributed by atoms with van der Waals surface area (Å²) in [5.74, 6) is 5.61. The van der Waals surface area contributed by atoms with Crippen LogP contribution in [0.15, 0.2) is 47.6 Å². The summed E-state index contributed by atoms with van der Waals surface area (Å²) in [4.78, 5) is 0. The molecule has 7 unspecified atom stereocenters. The van der Waals surface area contributed by atoms with Gasteiger partial charge in [-0.15, -0.1) is 0 Å². The maximum Gasteiger partial charge on any atom is -0.0103 e.